The number of likely N-dealkylation sites (N-methyl/N-ethyl adjacent to an activating group) is 1. The molecule has 1 aliphatic carbocycles. The zero-order chi connectivity index (χ0) is 18.8. The van der Waals surface area contributed by atoms with E-state index in [9.17, 15) is 9.59 Å². The Kier molecular flexibility index (Phi) is 5.43. The maximum atomic E-state index is 13.0. The van der Waals surface area contributed by atoms with Crippen molar-refractivity contribution < 1.29 is 9.59 Å². The van der Waals surface area contributed by atoms with E-state index in [-0.39, 0.29) is 17.9 Å². The zero-order valence-electron chi connectivity index (χ0n) is 16.2. The Hall–Kier alpha value is -1.95. The van der Waals surface area contributed by atoms with E-state index in [1.165, 1.54) is 6.42 Å². The molecule has 0 unspecified atom stereocenters. The number of rotatable bonds is 5. The summed E-state index contributed by atoms with van der Waals surface area (Å²) in [6.07, 6.45) is 7.22. The smallest absolute Gasteiger partial charge is 0.237 e. The average Bonchev–Trinajstić information content (AvgIpc) is 2.93. The van der Waals surface area contributed by atoms with Gasteiger partial charge in [-0.1, -0.05) is 12.5 Å². The lowest BCUT2D eigenvalue weighted by molar-refractivity contribution is -0.140. The molecule has 4 fully saturated rings. The van der Waals surface area contributed by atoms with E-state index in [0.29, 0.717) is 24.9 Å². The Morgan fingerprint density at radius 2 is 2.00 bits per heavy atom. The van der Waals surface area contributed by atoms with E-state index >= 15 is 0 Å². The topological polar surface area (TPSA) is 56.8 Å². The Bertz CT molecular complexity index is 676. The van der Waals surface area contributed by atoms with Crippen molar-refractivity contribution in [3.63, 3.8) is 0 Å². The third-order valence-corrected chi connectivity index (χ3v) is 6.36. The van der Waals surface area contributed by atoms with Gasteiger partial charge in [-0.15, -0.1) is 0 Å². The summed E-state index contributed by atoms with van der Waals surface area (Å²) in [6, 6.07) is 6.04. The van der Waals surface area contributed by atoms with Gasteiger partial charge in [0.15, 0.2) is 0 Å². The van der Waals surface area contributed by atoms with Crippen LogP contribution in [0.25, 0.3) is 0 Å². The predicted molar refractivity (Wildman–Crippen MR) is 103 cm³/mol. The summed E-state index contributed by atoms with van der Waals surface area (Å²) in [7, 11) is 1.97. The van der Waals surface area contributed by atoms with Crippen LogP contribution < -0.4 is 0 Å². The van der Waals surface area contributed by atoms with Gasteiger partial charge in [0.1, 0.15) is 0 Å². The van der Waals surface area contributed by atoms with Gasteiger partial charge >= 0.3 is 0 Å². The number of aromatic nitrogens is 1. The minimum atomic E-state index is 0.182. The molecule has 1 saturated carbocycles. The maximum absolute atomic E-state index is 13.0. The molecule has 0 aromatic carbocycles. The number of amides is 2. The summed E-state index contributed by atoms with van der Waals surface area (Å²) in [5.74, 6) is 1.19. The van der Waals surface area contributed by atoms with E-state index < -0.39 is 0 Å². The third-order valence-electron chi connectivity index (χ3n) is 6.36. The highest BCUT2D eigenvalue weighted by molar-refractivity contribution is 5.81. The molecule has 2 atom stereocenters. The highest BCUT2D eigenvalue weighted by Crippen LogP contribution is 2.33. The maximum Gasteiger partial charge on any atom is 0.237 e. The predicted octanol–water partition coefficient (Wildman–Crippen LogP) is 1.76. The Morgan fingerprint density at radius 3 is 2.70 bits per heavy atom. The van der Waals surface area contributed by atoms with Gasteiger partial charge in [0.05, 0.1) is 12.2 Å². The van der Waals surface area contributed by atoms with Crippen LogP contribution in [0, 0.1) is 11.8 Å². The van der Waals surface area contributed by atoms with Crippen molar-refractivity contribution >= 4 is 11.8 Å². The second-order valence-corrected chi connectivity index (χ2v) is 8.51. The average molecular weight is 370 g/mol. The number of hydrogen-bond donors (Lipinski definition) is 0. The highest BCUT2D eigenvalue weighted by atomic mass is 16.2. The van der Waals surface area contributed by atoms with E-state index in [0.717, 1.165) is 51.0 Å². The fraction of sp³-hybridized carbons (Fsp3) is 0.667. The molecule has 3 saturated heterocycles. The van der Waals surface area contributed by atoms with Crippen LogP contribution in [0.5, 0.6) is 0 Å². The molecule has 0 spiro atoms. The van der Waals surface area contributed by atoms with Crippen LogP contribution in [0.3, 0.4) is 0 Å². The lowest BCUT2D eigenvalue weighted by Crippen LogP contribution is -2.50. The Morgan fingerprint density at radius 1 is 1.15 bits per heavy atom. The van der Waals surface area contributed by atoms with Crippen molar-refractivity contribution in [1.29, 1.82) is 0 Å². The normalized spacial score (nSPS) is 25.4. The largest absolute Gasteiger partial charge is 0.340 e. The number of hydrogen-bond acceptors (Lipinski definition) is 4. The van der Waals surface area contributed by atoms with Gasteiger partial charge in [-0.05, 0) is 50.8 Å². The second kappa shape index (κ2) is 7.97. The molecule has 6 nitrogen and oxygen atoms in total. The molecule has 146 valence electrons. The molecule has 4 aliphatic rings. The molecule has 4 heterocycles. The van der Waals surface area contributed by atoms with Crippen LogP contribution in [0.2, 0.25) is 0 Å². The van der Waals surface area contributed by atoms with Gasteiger partial charge in [0.2, 0.25) is 11.8 Å². The fourth-order valence-corrected chi connectivity index (χ4v) is 4.63. The molecular formula is C21H30N4O2. The molecule has 1 aromatic rings. The van der Waals surface area contributed by atoms with Crippen molar-refractivity contribution in [1.82, 2.24) is 19.7 Å². The number of fused-ring (bicyclic) bond motifs is 4. The van der Waals surface area contributed by atoms with Crippen LogP contribution in [0.1, 0.15) is 37.8 Å². The highest BCUT2D eigenvalue weighted by Gasteiger charge is 2.40. The SMILES string of the molecule is CN(CC(=O)N1C[C@H]2CC[C@@H]1CN(C(=O)C1CCC1)C2)Cc1ccccn1. The van der Waals surface area contributed by atoms with Gasteiger partial charge in [0.25, 0.3) is 0 Å². The van der Waals surface area contributed by atoms with E-state index in [2.05, 4.69) is 14.8 Å². The monoisotopic (exact) mass is 370 g/mol. The minimum Gasteiger partial charge on any atom is -0.340 e. The molecule has 5 rings (SSSR count). The van der Waals surface area contributed by atoms with Crippen LogP contribution in [0.15, 0.2) is 24.4 Å². The molecule has 1 aromatic heterocycles. The van der Waals surface area contributed by atoms with Crippen molar-refractivity contribution in [3.05, 3.63) is 30.1 Å². The van der Waals surface area contributed by atoms with Gasteiger partial charge in [-0.2, -0.15) is 0 Å². The standard InChI is InChI=1S/C21H30N4O2/c1-23(13-18-7-2-3-10-22-18)15-20(26)25-12-16-8-9-19(25)14-24(11-16)21(27)17-5-4-6-17/h2-3,7,10,16-17,19H,4-6,8-9,11-15H2,1H3/t16-,19+/m0/s1. The summed E-state index contributed by atoms with van der Waals surface area (Å²) in [5.41, 5.74) is 0.974. The van der Waals surface area contributed by atoms with Crippen LogP contribution in [-0.4, -0.2) is 70.8 Å². The molecule has 2 bridgehead atoms. The quantitative estimate of drug-likeness (QED) is 0.793. The lowest BCUT2D eigenvalue weighted by Gasteiger charge is -2.37. The molecule has 6 heteroatoms. The molecule has 0 N–H and O–H groups in total. The Labute approximate surface area is 161 Å². The van der Waals surface area contributed by atoms with Crippen molar-refractivity contribution in [2.24, 2.45) is 11.8 Å². The first kappa shape index (κ1) is 18.4. The number of nitrogens with zero attached hydrogens (tertiary/aromatic N) is 4. The molecule has 3 aliphatic heterocycles. The number of carbonyl (C=O) groups is 2. The molecular weight excluding hydrogens is 340 g/mol. The van der Waals surface area contributed by atoms with Gasteiger partial charge in [-0.25, -0.2) is 0 Å². The fourth-order valence-electron chi connectivity index (χ4n) is 4.63. The first-order chi connectivity index (χ1) is 13.1. The van der Waals surface area contributed by atoms with Crippen LogP contribution >= 0.6 is 0 Å². The second-order valence-electron chi connectivity index (χ2n) is 8.51. The number of piperidine rings is 1. The van der Waals surface area contributed by atoms with Crippen molar-refractivity contribution in [2.45, 2.75) is 44.7 Å². The number of carbonyl (C=O) groups excluding carboxylic acids is 2. The summed E-state index contributed by atoms with van der Waals surface area (Å²) in [4.78, 5) is 36.2. The van der Waals surface area contributed by atoms with Crippen LogP contribution in [-0.2, 0) is 16.1 Å². The summed E-state index contributed by atoms with van der Waals surface area (Å²) < 4.78 is 0. The van der Waals surface area contributed by atoms with E-state index in [1.807, 2.05) is 30.1 Å². The first-order valence-electron chi connectivity index (χ1n) is 10.3. The summed E-state index contributed by atoms with van der Waals surface area (Å²) in [6.45, 7) is 3.42. The molecule has 27 heavy (non-hydrogen) atoms. The first-order valence-corrected chi connectivity index (χ1v) is 10.3. The van der Waals surface area contributed by atoms with Gasteiger partial charge in [-0.3, -0.25) is 19.5 Å². The van der Waals surface area contributed by atoms with Gasteiger partial charge in [0, 0.05) is 44.3 Å². The number of pyridine rings is 1. The Balaban J connectivity index is 1.36. The summed E-state index contributed by atoms with van der Waals surface area (Å²) >= 11 is 0. The molecule has 0 radical (unpaired) electrons. The lowest BCUT2D eigenvalue weighted by atomic mass is 9.84. The van der Waals surface area contributed by atoms with Crippen molar-refractivity contribution in [2.75, 3.05) is 33.2 Å². The van der Waals surface area contributed by atoms with E-state index in [4.69, 9.17) is 0 Å². The minimum absolute atomic E-state index is 0.182. The zero-order valence-corrected chi connectivity index (χ0v) is 16.2. The van der Waals surface area contributed by atoms with Crippen molar-refractivity contribution in [3.8, 4) is 0 Å². The van der Waals surface area contributed by atoms with E-state index in [1.54, 1.807) is 6.20 Å². The molecule has 2 amide bonds. The van der Waals surface area contributed by atoms with Gasteiger partial charge < -0.3 is 9.80 Å². The van der Waals surface area contributed by atoms with Crippen LogP contribution in [0.4, 0.5) is 0 Å². The summed E-state index contributed by atoms with van der Waals surface area (Å²) in [5, 5.41) is 0. The third kappa shape index (κ3) is 4.15.